The number of nitrogens with zero attached hydrogens (tertiary/aromatic N) is 1. The normalized spacial score (nSPS) is 11.0. The van der Waals surface area contributed by atoms with E-state index in [1.54, 1.807) is 24.5 Å². The molecule has 0 bridgehead atoms. The summed E-state index contributed by atoms with van der Waals surface area (Å²) in [6.45, 7) is 0.908. The maximum absolute atomic E-state index is 12.2. The fraction of sp³-hybridized carbons (Fsp3) is 0.211. The standard InChI is InChI=1S/C19H19ClN2O2S/c1-22(11-17-19(20)15-8-3-4-9-16(15)25-17)12-18(23)21-13-6-5-7-14(10-13)24-2/h3-10H,11-12H2,1-2H3,(H,21,23). The van der Waals surface area contributed by atoms with E-state index in [0.29, 0.717) is 12.3 Å². The van der Waals surface area contributed by atoms with Crippen molar-refractivity contribution in [3.63, 3.8) is 0 Å². The van der Waals surface area contributed by atoms with Crippen LogP contribution in [0, 0.1) is 0 Å². The number of thiophene rings is 1. The molecule has 0 aliphatic carbocycles. The van der Waals surface area contributed by atoms with Crippen molar-refractivity contribution in [3.8, 4) is 5.75 Å². The fourth-order valence-electron chi connectivity index (χ4n) is 2.61. The van der Waals surface area contributed by atoms with Gasteiger partial charge >= 0.3 is 0 Å². The van der Waals surface area contributed by atoms with Crippen molar-refractivity contribution < 1.29 is 9.53 Å². The smallest absolute Gasteiger partial charge is 0.238 e. The molecule has 0 atom stereocenters. The van der Waals surface area contributed by atoms with Gasteiger partial charge in [0.15, 0.2) is 0 Å². The summed E-state index contributed by atoms with van der Waals surface area (Å²) < 4.78 is 6.33. The van der Waals surface area contributed by atoms with Crippen LogP contribution in [0.5, 0.6) is 5.75 Å². The first-order chi connectivity index (χ1) is 12.1. The zero-order valence-electron chi connectivity index (χ0n) is 14.1. The molecule has 0 spiro atoms. The van der Waals surface area contributed by atoms with Crippen LogP contribution < -0.4 is 10.1 Å². The number of halogens is 1. The minimum Gasteiger partial charge on any atom is -0.497 e. The first-order valence-corrected chi connectivity index (χ1v) is 9.04. The van der Waals surface area contributed by atoms with Crippen molar-refractivity contribution in [1.29, 1.82) is 0 Å². The molecule has 25 heavy (non-hydrogen) atoms. The van der Waals surface area contributed by atoms with E-state index in [2.05, 4.69) is 11.4 Å². The third-order valence-corrected chi connectivity index (χ3v) is 5.48. The van der Waals surface area contributed by atoms with E-state index in [9.17, 15) is 4.79 Å². The van der Waals surface area contributed by atoms with Gasteiger partial charge in [0.05, 0.1) is 18.7 Å². The van der Waals surface area contributed by atoms with Gasteiger partial charge in [0.1, 0.15) is 5.75 Å². The Labute approximate surface area is 156 Å². The summed E-state index contributed by atoms with van der Waals surface area (Å²) in [5.41, 5.74) is 0.720. The Morgan fingerprint density at radius 1 is 1.24 bits per heavy atom. The lowest BCUT2D eigenvalue weighted by molar-refractivity contribution is -0.117. The maximum Gasteiger partial charge on any atom is 0.238 e. The number of hydrogen-bond donors (Lipinski definition) is 1. The molecule has 3 rings (SSSR count). The quantitative estimate of drug-likeness (QED) is 0.683. The van der Waals surface area contributed by atoms with Gasteiger partial charge in [-0.05, 0) is 25.2 Å². The minimum absolute atomic E-state index is 0.0759. The van der Waals surface area contributed by atoms with E-state index in [4.69, 9.17) is 16.3 Å². The number of anilines is 1. The average Bonchev–Trinajstić information content (AvgIpc) is 2.91. The second-order valence-electron chi connectivity index (χ2n) is 5.79. The highest BCUT2D eigenvalue weighted by atomic mass is 35.5. The number of carbonyl (C=O) groups excluding carboxylic acids is 1. The lowest BCUT2D eigenvalue weighted by atomic mass is 10.2. The van der Waals surface area contributed by atoms with Crippen LogP contribution in [0.4, 0.5) is 5.69 Å². The molecule has 6 heteroatoms. The monoisotopic (exact) mass is 374 g/mol. The molecule has 4 nitrogen and oxygen atoms in total. The predicted octanol–water partition coefficient (Wildman–Crippen LogP) is 4.63. The number of benzene rings is 2. The summed E-state index contributed by atoms with van der Waals surface area (Å²) in [4.78, 5) is 15.3. The van der Waals surface area contributed by atoms with Gasteiger partial charge in [-0.2, -0.15) is 0 Å². The number of rotatable bonds is 6. The van der Waals surface area contributed by atoms with Crippen molar-refractivity contribution in [2.45, 2.75) is 6.54 Å². The largest absolute Gasteiger partial charge is 0.497 e. The molecule has 2 aromatic carbocycles. The van der Waals surface area contributed by atoms with E-state index < -0.39 is 0 Å². The first kappa shape index (κ1) is 17.7. The second-order valence-corrected chi connectivity index (χ2v) is 7.30. The Hall–Kier alpha value is -2.08. The van der Waals surface area contributed by atoms with Crippen LogP contribution >= 0.6 is 22.9 Å². The molecule has 0 aliphatic rings. The minimum atomic E-state index is -0.0759. The molecule has 0 radical (unpaired) electrons. The highest BCUT2D eigenvalue weighted by Crippen LogP contribution is 2.35. The van der Waals surface area contributed by atoms with Crippen molar-refractivity contribution in [3.05, 3.63) is 58.4 Å². The Morgan fingerprint density at radius 2 is 2.04 bits per heavy atom. The number of hydrogen-bond acceptors (Lipinski definition) is 4. The zero-order chi connectivity index (χ0) is 17.8. The number of fused-ring (bicyclic) bond motifs is 1. The van der Waals surface area contributed by atoms with Crippen LogP contribution in [-0.4, -0.2) is 31.5 Å². The van der Waals surface area contributed by atoms with E-state index in [0.717, 1.165) is 25.7 Å². The highest BCUT2D eigenvalue weighted by molar-refractivity contribution is 7.19. The molecule has 0 saturated carbocycles. The molecular formula is C19H19ClN2O2S. The van der Waals surface area contributed by atoms with Crippen LogP contribution in [0.15, 0.2) is 48.5 Å². The molecule has 1 heterocycles. The fourth-order valence-corrected chi connectivity index (χ4v) is 4.19. The number of nitrogens with one attached hydrogen (secondary N) is 1. The van der Waals surface area contributed by atoms with Gasteiger partial charge in [-0.15, -0.1) is 11.3 Å². The van der Waals surface area contributed by atoms with Crippen LogP contribution in [0.2, 0.25) is 5.02 Å². The molecule has 1 amide bonds. The molecule has 0 aliphatic heterocycles. The summed E-state index contributed by atoms with van der Waals surface area (Å²) in [7, 11) is 3.51. The maximum atomic E-state index is 12.2. The lowest BCUT2D eigenvalue weighted by Gasteiger charge is -2.16. The number of carbonyl (C=O) groups is 1. The Balaban J connectivity index is 1.62. The van der Waals surface area contributed by atoms with Gasteiger partial charge < -0.3 is 10.1 Å². The van der Waals surface area contributed by atoms with Gasteiger partial charge in [0.2, 0.25) is 5.91 Å². The SMILES string of the molecule is COc1cccc(NC(=O)CN(C)Cc2sc3ccccc3c2Cl)c1. The van der Waals surface area contributed by atoms with E-state index in [-0.39, 0.29) is 12.5 Å². The van der Waals surface area contributed by atoms with Gasteiger partial charge in [0.25, 0.3) is 0 Å². The summed E-state index contributed by atoms with van der Waals surface area (Å²) in [6, 6.07) is 15.4. The van der Waals surface area contributed by atoms with E-state index in [1.807, 2.05) is 48.3 Å². The topological polar surface area (TPSA) is 41.6 Å². The lowest BCUT2D eigenvalue weighted by Crippen LogP contribution is -2.29. The first-order valence-electron chi connectivity index (χ1n) is 7.85. The number of methoxy groups -OCH3 is 1. The molecule has 0 saturated heterocycles. The summed E-state index contributed by atoms with van der Waals surface area (Å²) in [6.07, 6.45) is 0. The Kier molecular flexibility index (Phi) is 5.58. The molecule has 130 valence electrons. The third-order valence-electron chi connectivity index (χ3n) is 3.78. The van der Waals surface area contributed by atoms with Gasteiger partial charge in [-0.1, -0.05) is 35.9 Å². The Morgan fingerprint density at radius 3 is 2.80 bits per heavy atom. The third kappa shape index (κ3) is 4.31. The molecule has 1 aromatic heterocycles. The van der Waals surface area contributed by atoms with Crippen LogP contribution in [0.1, 0.15) is 4.88 Å². The highest BCUT2D eigenvalue weighted by Gasteiger charge is 2.14. The molecule has 0 unspecified atom stereocenters. The second kappa shape index (κ2) is 7.87. The van der Waals surface area contributed by atoms with E-state index in [1.165, 1.54) is 0 Å². The van der Waals surface area contributed by atoms with Crippen molar-refractivity contribution >= 4 is 44.6 Å². The molecule has 0 fully saturated rings. The van der Waals surface area contributed by atoms with Crippen LogP contribution in [0.25, 0.3) is 10.1 Å². The van der Waals surface area contributed by atoms with Crippen molar-refractivity contribution in [2.75, 3.05) is 26.0 Å². The van der Waals surface area contributed by atoms with Crippen molar-refractivity contribution in [2.24, 2.45) is 0 Å². The number of amides is 1. The Bertz CT molecular complexity index is 894. The molecule has 1 N–H and O–H groups in total. The number of ether oxygens (including phenoxy) is 1. The summed E-state index contributed by atoms with van der Waals surface area (Å²) in [5.74, 6) is 0.635. The van der Waals surface area contributed by atoms with Crippen molar-refractivity contribution in [1.82, 2.24) is 4.90 Å². The predicted molar refractivity (Wildman–Crippen MR) is 105 cm³/mol. The molecule has 3 aromatic rings. The van der Waals surface area contributed by atoms with Crippen LogP contribution in [0.3, 0.4) is 0 Å². The summed E-state index contributed by atoms with van der Waals surface area (Å²) in [5, 5.41) is 4.73. The summed E-state index contributed by atoms with van der Waals surface area (Å²) >= 11 is 8.14. The average molecular weight is 375 g/mol. The van der Waals surface area contributed by atoms with E-state index >= 15 is 0 Å². The van der Waals surface area contributed by atoms with Gasteiger partial charge in [-0.3, -0.25) is 9.69 Å². The van der Waals surface area contributed by atoms with Crippen LogP contribution in [-0.2, 0) is 11.3 Å². The zero-order valence-corrected chi connectivity index (χ0v) is 15.7. The van der Waals surface area contributed by atoms with Gasteiger partial charge in [0, 0.05) is 33.3 Å². The van der Waals surface area contributed by atoms with Gasteiger partial charge in [-0.25, -0.2) is 0 Å². The number of likely N-dealkylation sites (N-methyl/N-ethyl adjacent to an activating group) is 1. The molecular weight excluding hydrogens is 356 g/mol.